The van der Waals surface area contributed by atoms with Crippen LogP contribution in [0.15, 0.2) is 33.7 Å². The Kier molecular flexibility index (Phi) is 4.07. The Morgan fingerprint density at radius 1 is 1.48 bits per heavy atom. The third kappa shape index (κ3) is 3.21. The van der Waals surface area contributed by atoms with Crippen LogP contribution < -0.4 is 10.5 Å². The minimum Gasteiger partial charge on any atom is -0.484 e. The van der Waals surface area contributed by atoms with Gasteiger partial charge in [-0.2, -0.15) is 0 Å². The van der Waals surface area contributed by atoms with Gasteiger partial charge in [0, 0.05) is 25.0 Å². The maximum atomic E-state index is 11.8. The van der Waals surface area contributed by atoms with Gasteiger partial charge in [0.15, 0.2) is 5.58 Å². The molecule has 3 rings (SSSR count). The van der Waals surface area contributed by atoms with Gasteiger partial charge in [-0.15, -0.1) is 0 Å². The van der Waals surface area contributed by atoms with Gasteiger partial charge in [-0.25, -0.2) is 9.78 Å². The van der Waals surface area contributed by atoms with E-state index in [0.29, 0.717) is 17.1 Å². The number of hydrogen-bond donors (Lipinski definition) is 2. The summed E-state index contributed by atoms with van der Waals surface area (Å²) in [6, 6.07) is 3.01. The lowest BCUT2D eigenvalue weighted by Gasteiger charge is -2.07. The van der Waals surface area contributed by atoms with E-state index in [-0.39, 0.29) is 30.2 Å². The molecule has 3 aromatic rings. The molecule has 0 saturated heterocycles. The molecule has 0 aliphatic carbocycles. The van der Waals surface area contributed by atoms with Gasteiger partial charge < -0.3 is 19.2 Å². The number of carboxylic acid groups (broad SMARTS) is 1. The maximum Gasteiger partial charge on any atom is 0.419 e. The molecule has 23 heavy (non-hydrogen) atoms. The number of imidazole rings is 1. The number of fused-ring (bicyclic) bond motifs is 1. The molecule has 0 amide bonds. The predicted molar refractivity (Wildman–Crippen MR) is 80.7 cm³/mol. The zero-order valence-electron chi connectivity index (χ0n) is 11.8. The lowest BCUT2D eigenvalue weighted by Crippen LogP contribution is -2.16. The SMILES string of the molecule is O=C(O)CCn1c(=O)oc2cc(OCc3ncc[nH]3)c(Cl)cc21. The first-order chi connectivity index (χ1) is 11.0. The molecular weight excluding hydrogens is 326 g/mol. The number of H-pyrrole nitrogens is 1. The molecule has 0 radical (unpaired) electrons. The fourth-order valence-electron chi connectivity index (χ4n) is 2.12. The number of nitrogens with one attached hydrogen (secondary N) is 1. The van der Waals surface area contributed by atoms with Crippen molar-refractivity contribution in [2.45, 2.75) is 19.6 Å². The molecule has 8 nitrogen and oxygen atoms in total. The molecule has 2 N–H and O–H groups in total. The maximum absolute atomic E-state index is 11.8. The van der Waals surface area contributed by atoms with Gasteiger partial charge in [0.25, 0.3) is 0 Å². The molecular formula is C14H12ClN3O5. The van der Waals surface area contributed by atoms with Gasteiger partial charge in [-0.1, -0.05) is 11.6 Å². The number of rotatable bonds is 6. The van der Waals surface area contributed by atoms with Gasteiger partial charge in [0.05, 0.1) is 17.0 Å². The largest absolute Gasteiger partial charge is 0.484 e. The first kappa shape index (κ1) is 15.2. The van der Waals surface area contributed by atoms with Crippen LogP contribution in [0.5, 0.6) is 5.75 Å². The molecule has 2 aromatic heterocycles. The summed E-state index contributed by atoms with van der Waals surface area (Å²) in [6.45, 7) is 0.187. The number of halogens is 1. The minimum atomic E-state index is -1.00. The second-order valence-electron chi connectivity index (χ2n) is 4.74. The molecule has 0 bridgehead atoms. The summed E-state index contributed by atoms with van der Waals surface area (Å²) >= 11 is 6.16. The summed E-state index contributed by atoms with van der Waals surface area (Å²) in [5.74, 6) is -0.674. The van der Waals surface area contributed by atoms with Crippen molar-refractivity contribution in [1.82, 2.24) is 14.5 Å². The van der Waals surface area contributed by atoms with Gasteiger partial charge in [-0.05, 0) is 6.07 Å². The van der Waals surface area contributed by atoms with Gasteiger partial charge in [0.1, 0.15) is 18.2 Å². The summed E-state index contributed by atoms with van der Waals surface area (Å²) in [4.78, 5) is 29.4. The number of aromatic nitrogens is 3. The quantitative estimate of drug-likeness (QED) is 0.712. The third-order valence-electron chi connectivity index (χ3n) is 3.19. The van der Waals surface area contributed by atoms with E-state index < -0.39 is 11.7 Å². The topological polar surface area (TPSA) is 110 Å². The van der Waals surface area contributed by atoms with Crippen LogP contribution in [0.4, 0.5) is 0 Å². The summed E-state index contributed by atoms with van der Waals surface area (Å²) < 4.78 is 11.9. The number of carbonyl (C=O) groups is 1. The Labute approximate surface area is 134 Å². The van der Waals surface area contributed by atoms with E-state index in [1.54, 1.807) is 12.4 Å². The minimum absolute atomic E-state index is 0.00406. The van der Waals surface area contributed by atoms with E-state index in [0.717, 1.165) is 0 Å². The number of ether oxygens (including phenoxy) is 1. The van der Waals surface area contributed by atoms with E-state index in [9.17, 15) is 9.59 Å². The molecule has 0 aliphatic rings. The molecule has 0 spiro atoms. The standard InChI is InChI=1S/C14H12ClN3O5/c15-8-5-9-11(23-14(21)18(9)4-1-13(19)20)6-10(8)22-7-12-16-2-3-17-12/h2-3,5-6H,1,4,7H2,(H,16,17)(H,19,20). The Balaban J connectivity index is 1.89. The zero-order valence-corrected chi connectivity index (χ0v) is 12.5. The highest BCUT2D eigenvalue weighted by Gasteiger charge is 2.14. The number of aromatic amines is 1. The number of benzene rings is 1. The van der Waals surface area contributed by atoms with Crippen LogP contribution in [0.3, 0.4) is 0 Å². The highest BCUT2D eigenvalue weighted by atomic mass is 35.5. The monoisotopic (exact) mass is 337 g/mol. The molecule has 120 valence electrons. The summed E-state index contributed by atoms with van der Waals surface area (Å²) in [5.41, 5.74) is 0.700. The van der Waals surface area contributed by atoms with Gasteiger partial charge >= 0.3 is 11.7 Å². The van der Waals surface area contributed by atoms with E-state index >= 15 is 0 Å². The summed E-state index contributed by atoms with van der Waals surface area (Å²) in [6.07, 6.45) is 3.08. The second kappa shape index (κ2) is 6.17. The fraction of sp³-hybridized carbons (Fsp3) is 0.214. The summed E-state index contributed by atoms with van der Waals surface area (Å²) in [5, 5.41) is 9.02. The Morgan fingerprint density at radius 3 is 3.00 bits per heavy atom. The number of carboxylic acids is 1. The van der Waals surface area contributed by atoms with Crippen molar-refractivity contribution in [2.24, 2.45) is 0 Å². The highest BCUT2D eigenvalue weighted by molar-refractivity contribution is 6.32. The average molecular weight is 338 g/mol. The number of nitrogens with zero attached hydrogens (tertiary/aromatic N) is 2. The molecule has 0 atom stereocenters. The van der Waals surface area contributed by atoms with Crippen molar-refractivity contribution in [2.75, 3.05) is 0 Å². The van der Waals surface area contributed by atoms with Crippen molar-refractivity contribution in [1.29, 1.82) is 0 Å². The fourth-order valence-corrected chi connectivity index (χ4v) is 2.33. The average Bonchev–Trinajstić information content (AvgIpc) is 3.10. The van der Waals surface area contributed by atoms with Crippen molar-refractivity contribution in [3.8, 4) is 5.75 Å². The van der Waals surface area contributed by atoms with Crippen molar-refractivity contribution in [3.05, 3.63) is 45.9 Å². The van der Waals surface area contributed by atoms with E-state index in [1.165, 1.54) is 16.7 Å². The van der Waals surface area contributed by atoms with Crippen LogP contribution in [-0.4, -0.2) is 25.6 Å². The van der Waals surface area contributed by atoms with E-state index in [2.05, 4.69) is 9.97 Å². The highest BCUT2D eigenvalue weighted by Crippen LogP contribution is 2.30. The Morgan fingerprint density at radius 2 is 2.30 bits per heavy atom. The first-order valence-corrected chi connectivity index (χ1v) is 7.08. The van der Waals surface area contributed by atoms with Gasteiger partial charge in [0.2, 0.25) is 0 Å². The normalized spacial score (nSPS) is 11.0. The zero-order chi connectivity index (χ0) is 16.4. The van der Waals surface area contributed by atoms with Crippen molar-refractivity contribution in [3.63, 3.8) is 0 Å². The number of oxazole rings is 1. The van der Waals surface area contributed by atoms with Crippen LogP contribution in [0.25, 0.3) is 11.1 Å². The third-order valence-corrected chi connectivity index (χ3v) is 3.49. The Bertz CT molecular complexity index is 897. The number of hydrogen-bond acceptors (Lipinski definition) is 5. The number of aryl methyl sites for hydroxylation is 1. The lowest BCUT2D eigenvalue weighted by molar-refractivity contribution is -0.137. The summed E-state index contributed by atoms with van der Waals surface area (Å²) in [7, 11) is 0. The van der Waals surface area contributed by atoms with Crippen LogP contribution in [0.2, 0.25) is 5.02 Å². The predicted octanol–water partition coefficient (Wildman–Crippen LogP) is 2.02. The molecule has 0 saturated carbocycles. The first-order valence-electron chi connectivity index (χ1n) is 6.70. The van der Waals surface area contributed by atoms with E-state index in [4.69, 9.17) is 25.9 Å². The Hall–Kier alpha value is -2.74. The van der Waals surface area contributed by atoms with Gasteiger partial charge in [-0.3, -0.25) is 9.36 Å². The van der Waals surface area contributed by atoms with Crippen LogP contribution in [0, 0.1) is 0 Å². The second-order valence-corrected chi connectivity index (χ2v) is 5.15. The van der Waals surface area contributed by atoms with Crippen LogP contribution in [-0.2, 0) is 17.9 Å². The molecule has 0 fully saturated rings. The molecule has 0 aliphatic heterocycles. The molecule has 2 heterocycles. The van der Waals surface area contributed by atoms with Crippen molar-refractivity contribution >= 4 is 28.7 Å². The molecule has 1 aromatic carbocycles. The van der Waals surface area contributed by atoms with Crippen LogP contribution in [0.1, 0.15) is 12.2 Å². The van der Waals surface area contributed by atoms with Crippen LogP contribution >= 0.6 is 11.6 Å². The van der Waals surface area contributed by atoms with Crippen molar-refractivity contribution < 1.29 is 19.1 Å². The lowest BCUT2D eigenvalue weighted by atomic mass is 10.3. The number of aliphatic carboxylic acids is 1. The molecule has 9 heteroatoms. The molecule has 0 unspecified atom stereocenters. The smallest absolute Gasteiger partial charge is 0.419 e. The van der Waals surface area contributed by atoms with E-state index in [1.807, 2.05) is 0 Å².